The molecule has 1 saturated heterocycles. The molecular weight excluding hydrogens is 406 g/mol. The number of nitrogens with one attached hydrogen (secondary N) is 1. The van der Waals surface area contributed by atoms with Gasteiger partial charge in [0.2, 0.25) is 0 Å². The molecule has 1 N–H and O–H groups in total. The SMILES string of the molecule is CC(C)(C)[Si](C)(C)Oc1ccc(NC(=O)N2CCN(c3ccc(C#N)cc3)CC2)nc1. The monoisotopic (exact) mass is 437 g/mol. The summed E-state index contributed by atoms with van der Waals surface area (Å²) >= 11 is 0. The Balaban J connectivity index is 1.52. The van der Waals surface area contributed by atoms with Gasteiger partial charge in [-0.05, 0) is 54.5 Å². The van der Waals surface area contributed by atoms with Crippen LogP contribution in [0.15, 0.2) is 42.6 Å². The normalized spacial score (nSPS) is 14.7. The molecule has 0 bridgehead atoms. The van der Waals surface area contributed by atoms with Gasteiger partial charge >= 0.3 is 6.03 Å². The molecule has 1 fully saturated rings. The third kappa shape index (κ3) is 5.55. The average Bonchev–Trinajstić information content (AvgIpc) is 2.74. The molecule has 0 radical (unpaired) electrons. The van der Waals surface area contributed by atoms with Gasteiger partial charge in [-0.25, -0.2) is 9.78 Å². The summed E-state index contributed by atoms with van der Waals surface area (Å²) in [5, 5.41) is 11.9. The van der Waals surface area contributed by atoms with E-state index in [-0.39, 0.29) is 11.1 Å². The Kier molecular flexibility index (Phi) is 6.55. The maximum atomic E-state index is 12.6. The van der Waals surface area contributed by atoms with E-state index in [1.165, 1.54) is 0 Å². The highest BCUT2D eigenvalue weighted by Gasteiger charge is 2.39. The van der Waals surface area contributed by atoms with Crippen LogP contribution in [-0.2, 0) is 0 Å². The molecule has 2 aromatic rings. The Morgan fingerprint density at radius 3 is 2.26 bits per heavy atom. The molecule has 0 aliphatic carbocycles. The number of hydrogen-bond donors (Lipinski definition) is 1. The number of nitrogens with zero attached hydrogens (tertiary/aromatic N) is 4. The standard InChI is InChI=1S/C23H31N5O2Si/c1-23(2,3)31(4,5)30-20-10-11-21(25-17-20)26-22(29)28-14-12-27(13-15-28)19-8-6-18(16-24)7-9-19/h6-11,17H,12-15H2,1-5H3,(H,25,26,29). The van der Waals surface area contributed by atoms with Crippen molar-refractivity contribution in [3.8, 4) is 11.8 Å². The molecule has 3 rings (SSSR count). The van der Waals surface area contributed by atoms with Gasteiger partial charge in [0.05, 0.1) is 17.8 Å². The van der Waals surface area contributed by atoms with E-state index in [1.54, 1.807) is 17.2 Å². The molecule has 8 heteroatoms. The van der Waals surface area contributed by atoms with Crippen LogP contribution < -0.4 is 14.6 Å². The molecule has 0 atom stereocenters. The minimum absolute atomic E-state index is 0.111. The fraction of sp³-hybridized carbons (Fsp3) is 0.435. The zero-order chi connectivity index (χ0) is 22.6. The third-order valence-electron chi connectivity index (χ3n) is 6.08. The number of hydrogen-bond acceptors (Lipinski definition) is 5. The predicted octanol–water partition coefficient (Wildman–Crippen LogP) is 4.69. The smallest absolute Gasteiger partial charge is 0.323 e. The number of benzene rings is 1. The molecule has 7 nitrogen and oxygen atoms in total. The average molecular weight is 438 g/mol. The zero-order valence-corrected chi connectivity index (χ0v) is 20.0. The molecule has 31 heavy (non-hydrogen) atoms. The lowest BCUT2D eigenvalue weighted by Gasteiger charge is -2.36. The predicted molar refractivity (Wildman–Crippen MR) is 126 cm³/mol. The highest BCUT2D eigenvalue weighted by atomic mass is 28.4. The van der Waals surface area contributed by atoms with E-state index in [0.29, 0.717) is 24.5 Å². The Bertz CT molecular complexity index is 938. The lowest BCUT2D eigenvalue weighted by atomic mass is 10.2. The number of rotatable bonds is 4. The van der Waals surface area contributed by atoms with E-state index in [4.69, 9.17) is 9.69 Å². The Morgan fingerprint density at radius 2 is 1.74 bits per heavy atom. The van der Waals surface area contributed by atoms with Crippen LogP contribution in [-0.4, -0.2) is 50.4 Å². The highest BCUT2D eigenvalue weighted by Crippen LogP contribution is 2.37. The van der Waals surface area contributed by atoms with Gasteiger partial charge in [0.25, 0.3) is 8.32 Å². The van der Waals surface area contributed by atoms with Gasteiger partial charge in [0.15, 0.2) is 0 Å². The van der Waals surface area contributed by atoms with Crippen LogP contribution in [0.3, 0.4) is 0 Å². The highest BCUT2D eigenvalue weighted by molar-refractivity contribution is 6.74. The summed E-state index contributed by atoms with van der Waals surface area (Å²) in [7, 11) is -1.92. The number of carbonyl (C=O) groups excluding carboxylic acids is 1. The largest absolute Gasteiger partial charge is 0.542 e. The first-order chi connectivity index (χ1) is 14.6. The van der Waals surface area contributed by atoms with Crippen molar-refractivity contribution >= 4 is 25.9 Å². The van der Waals surface area contributed by atoms with Crippen molar-refractivity contribution in [2.24, 2.45) is 0 Å². The van der Waals surface area contributed by atoms with Gasteiger partial charge in [-0.15, -0.1) is 0 Å². The van der Waals surface area contributed by atoms with Crippen LogP contribution in [0, 0.1) is 11.3 Å². The number of amides is 2. The van der Waals surface area contributed by atoms with Crippen molar-refractivity contribution in [2.75, 3.05) is 36.4 Å². The van der Waals surface area contributed by atoms with Crippen LogP contribution in [0.5, 0.6) is 5.75 Å². The summed E-state index contributed by atoms with van der Waals surface area (Å²) in [6.07, 6.45) is 1.68. The first-order valence-electron chi connectivity index (χ1n) is 10.6. The lowest BCUT2D eigenvalue weighted by Crippen LogP contribution is -2.50. The van der Waals surface area contributed by atoms with Crippen molar-refractivity contribution in [1.29, 1.82) is 5.26 Å². The van der Waals surface area contributed by atoms with E-state index in [9.17, 15) is 4.79 Å². The number of piperazine rings is 1. The first kappa shape index (κ1) is 22.6. The number of pyridine rings is 1. The third-order valence-corrected chi connectivity index (χ3v) is 10.4. The van der Waals surface area contributed by atoms with Crippen molar-refractivity contribution in [1.82, 2.24) is 9.88 Å². The van der Waals surface area contributed by atoms with Crippen molar-refractivity contribution in [3.05, 3.63) is 48.2 Å². The second-order valence-corrected chi connectivity index (χ2v) is 14.0. The minimum atomic E-state index is -1.92. The quantitative estimate of drug-likeness (QED) is 0.702. The number of carbonyl (C=O) groups is 1. The van der Waals surface area contributed by atoms with Crippen LogP contribution in [0.2, 0.25) is 18.1 Å². The van der Waals surface area contributed by atoms with E-state index >= 15 is 0 Å². The minimum Gasteiger partial charge on any atom is -0.542 e. The van der Waals surface area contributed by atoms with Gasteiger partial charge in [-0.3, -0.25) is 5.32 Å². The molecule has 2 heterocycles. The molecule has 164 valence electrons. The van der Waals surface area contributed by atoms with Gasteiger partial charge in [-0.1, -0.05) is 20.8 Å². The van der Waals surface area contributed by atoms with Crippen LogP contribution in [0.25, 0.3) is 0 Å². The van der Waals surface area contributed by atoms with Crippen LogP contribution in [0.4, 0.5) is 16.3 Å². The van der Waals surface area contributed by atoms with E-state index < -0.39 is 8.32 Å². The summed E-state index contributed by atoms with van der Waals surface area (Å²) in [5.74, 6) is 1.25. The molecule has 1 aromatic carbocycles. The number of urea groups is 1. The Hall–Kier alpha value is -3.05. The molecule has 0 saturated carbocycles. The summed E-state index contributed by atoms with van der Waals surface area (Å²) in [4.78, 5) is 21.0. The number of anilines is 2. The number of nitriles is 1. The van der Waals surface area contributed by atoms with Crippen molar-refractivity contribution in [3.63, 3.8) is 0 Å². The van der Waals surface area contributed by atoms with Crippen molar-refractivity contribution < 1.29 is 9.22 Å². The topological polar surface area (TPSA) is 81.5 Å². The summed E-state index contributed by atoms with van der Waals surface area (Å²) in [6.45, 7) is 13.7. The van der Waals surface area contributed by atoms with E-state index in [0.717, 1.165) is 24.5 Å². The van der Waals surface area contributed by atoms with Gasteiger partial charge in [0.1, 0.15) is 11.6 Å². The summed E-state index contributed by atoms with van der Waals surface area (Å²) in [6, 6.07) is 13.2. The maximum Gasteiger partial charge on any atom is 0.323 e. The maximum absolute atomic E-state index is 12.6. The molecule has 1 aromatic heterocycles. The molecule has 0 spiro atoms. The van der Waals surface area contributed by atoms with Gasteiger partial charge in [0, 0.05) is 31.9 Å². The summed E-state index contributed by atoms with van der Waals surface area (Å²) < 4.78 is 6.24. The second kappa shape index (κ2) is 8.98. The summed E-state index contributed by atoms with van der Waals surface area (Å²) in [5.41, 5.74) is 1.72. The zero-order valence-electron chi connectivity index (χ0n) is 19.0. The van der Waals surface area contributed by atoms with Gasteiger partial charge in [-0.2, -0.15) is 5.26 Å². The Labute approximate surface area is 185 Å². The first-order valence-corrected chi connectivity index (χ1v) is 13.5. The molecule has 1 aliphatic heterocycles. The van der Waals surface area contributed by atoms with Crippen LogP contribution >= 0.6 is 0 Å². The second-order valence-electron chi connectivity index (χ2n) is 9.30. The van der Waals surface area contributed by atoms with Crippen molar-refractivity contribution in [2.45, 2.75) is 38.9 Å². The van der Waals surface area contributed by atoms with E-state index in [2.05, 4.69) is 55.1 Å². The van der Waals surface area contributed by atoms with Crippen LogP contribution in [0.1, 0.15) is 26.3 Å². The fourth-order valence-electron chi connectivity index (χ4n) is 3.07. The lowest BCUT2D eigenvalue weighted by molar-refractivity contribution is 0.208. The molecule has 2 amide bonds. The molecule has 1 aliphatic rings. The molecule has 0 unspecified atom stereocenters. The molecular formula is C23H31N5O2Si. The van der Waals surface area contributed by atoms with Gasteiger partial charge < -0.3 is 14.2 Å². The Morgan fingerprint density at radius 1 is 1.10 bits per heavy atom. The fourth-order valence-corrected chi connectivity index (χ4v) is 4.08. The van der Waals surface area contributed by atoms with E-state index in [1.807, 2.05) is 30.3 Å². The number of aromatic nitrogens is 1.